The van der Waals surface area contributed by atoms with Crippen LogP contribution >= 0.6 is 0 Å². The first-order valence-electron chi connectivity index (χ1n) is 5.76. The zero-order valence-corrected chi connectivity index (χ0v) is 9.49. The molecule has 0 bridgehead atoms. The lowest BCUT2D eigenvalue weighted by Gasteiger charge is -2.16. The van der Waals surface area contributed by atoms with Crippen LogP contribution in [-0.2, 0) is 19.5 Å². The van der Waals surface area contributed by atoms with E-state index in [1.54, 1.807) is 0 Å². The number of carbonyl (C=O) groups is 1. The van der Waals surface area contributed by atoms with E-state index >= 15 is 0 Å². The summed E-state index contributed by atoms with van der Waals surface area (Å²) in [5.41, 5.74) is 1.14. The molecule has 0 unspecified atom stereocenters. The zero-order chi connectivity index (χ0) is 11.5. The van der Waals surface area contributed by atoms with E-state index < -0.39 is 5.97 Å². The monoisotopic (exact) mass is 223 g/mol. The van der Waals surface area contributed by atoms with Crippen LogP contribution in [0.25, 0.3) is 0 Å². The van der Waals surface area contributed by atoms with E-state index in [0.717, 1.165) is 43.9 Å². The lowest BCUT2D eigenvalue weighted by Crippen LogP contribution is -2.19. The molecule has 0 amide bonds. The zero-order valence-electron chi connectivity index (χ0n) is 9.49. The number of aromatic carboxylic acids is 1. The topological polar surface area (TPSA) is 67.2 Å². The number of hydrogen-bond acceptors (Lipinski definition) is 3. The second-order valence-electron chi connectivity index (χ2n) is 4.02. The van der Waals surface area contributed by atoms with Gasteiger partial charge in [-0.05, 0) is 25.8 Å². The molecule has 0 aromatic carbocycles. The summed E-state index contributed by atoms with van der Waals surface area (Å²) >= 11 is 0. The maximum Gasteiger partial charge on any atom is 0.356 e. The van der Waals surface area contributed by atoms with Crippen molar-refractivity contribution in [2.45, 2.75) is 39.3 Å². The third-order valence-electron chi connectivity index (χ3n) is 2.93. The molecule has 2 rings (SSSR count). The standard InChI is InChI=1S/C11H17N3O2/c1-2-12-7-9-13-10(11(15)16)8-5-3-4-6-14(8)9/h12H,2-7H2,1H3,(H,15,16). The van der Waals surface area contributed by atoms with Crippen molar-refractivity contribution in [2.24, 2.45) is 0 Å². The van der Waals surface area contributed by atoms with E-state index in [4.69, 9.17) is 5.11 Å². The van der Waals surface area contributed by atoms with Crippen LogP contribution in [0.5, 0.6) is 0 Å². The van der Waals surface area contributed by atoms with E-state index in [1.807, 2.05) is 6.92 Å². The molecule has 0 saturated heterocycles. The van der Waals surface area contributed by atoms with Crippen molar-refractivity contribution in [2.75, 3.05) is 6.54 Å². The van der Waals surface area contributed by atoms with Crippen molar-refractivity contribution < 1.29 is 9.90 Å². The minimum atomic E-state index is -0.909. The Morgan fingerprint density at radius 2 is 2.38 bits per heavy atom. The molecule has 1 aromatic heterocycles. The van der Waals surface area contributed by atoms with E-state index in [9.17, 15) is 4.79 Å². The van der Waals surface area contributed by atoms with Gasteiger partial charge in [0.15, 0.2) is 5.69 Å². The number of imidazole rings is 1. The summed E-state index contributed by atoms with van der Waals surface area (Å²) in [6.07, 6.45) is 3.01. The van der Waals surface area contributed by atoms with Crippen molar-refractivity contribution >= 4 is 5.97 Å². The Kier molecular flexibility index (Phi) is 3.24. The van der Waals surface area contributed by atoms with Crippen molar-refractivity contribution in [1.29, 1.82) is 0 Å². The third-order valence-corrected chi connectivity index (χ3v) is 2.93. The van der Waals surface area contributed by atoms with Gasteiger partial charge in [-0.3, -0.25) is 0 Å². The first kappa shape index (κ1) is 11.1. The maximum atomic E-state index is 11.1. The highest BCUT2D eigenvalue weighted by Crippen LogP contribution is 2.20. The van der Waals surface area contributed by atoms with Gasteiger partial charge >= 0.3 is 5.97 Å². The molecule has 1 aliphatic heterocycles. The van der Waals surface area contributed by atoms with Gasteiger partial charge in [-0.2, -0.15) is 0 Å². The predicted molar refractivity (Wildman–Crippen MR) is 59.5 cm³/mol. The molecule has 0 spiro atoms. The first-order valence-corrected chi connectivity index (χ1v) is 5.76. The fourth-order valence-electron chi connectivity index (χ4n) is 2.16. The lowest BCUT2D eigenvalue weighted by atomic mass is 10.1. The second kappa shape index (κ2) is 4.65. The Bertz CT molecular complexity index is 398. The van der Waals surface area contributed by atoms with Gasteiger partial charge in [0.05, 0.1) is 12.2 Å². The molecule has 2 heterocycles. The molecule has 0 fully saturated rings. The van der Waals surface area contributed by atoms with Gasteiger partial charge in [-0.25, -0.2) is 9.78 Å². The highest BCUT2D eigenvalue weighted by atomic mass is 16.4. The molecule has 0 atom stereocenters. The molecule has 0 saturated carbocycles. The number of hydrogen-bond donors (Lipinski definition) is 2. The minimum Gasteiger partial charge on any atom is -0.476 e. The summed E-state index contributed by atoms with van der Waals surface area (Å²) in [7, 11) is 0. The molecule has 5 nitrogen and oxygen atoms in total. The first-order chi connectivity index (χ1) is 7.74. The number of aromatic nitrogens is 2. The Balaban J connectivity index is 2.34. The Morgan fingerprint density at radius 3 is 3.06 bits per heavy atom. The number of rotatable bonds is 4. The van der Waals surface area contributed by atoms with Crippen LogP contribution in [0, 0.1) is 0 Å². The number of nitrogens with one attached hydrogen (secondary N) is 1. The fraction of sp³-hybridized carbons (Fsp3) is 0.636. The molecule has 0 aliphatic carbocycles. The molecule has 1 aromatic rings. The van der Waals surface area contributed by atoms with E-state index in [1.165, 1.54) is 0 Å². The Morgan fingerprint density at radius 1 is 1.56 bits per heavy atom. The Hall–Kier alpha value is -1.36. The average Bonchev–Trinajstić information content (AvgIpc) is 2.65. The van der Waals surface area contributed by atoms with E-state index in [2.05, 4.69) is 14.9 Å². The van der Waals surface area contributed by atoms with Crippen LogP contribution in [0.1, 0.15) is 41.8 Å². The van der Waals surface area contributed by atoms with Gasteiger partial charge in [-0.1, -0.05) is 6.92 Å². The van der Waals surface area contributed by atoms with Crippen LogP contribution in [0.2, 0.25) is 0 Å². The minimum absolute atomic E-state index is 0.243. The summed E-state index contributed by atoms with van der Waals surface area (Å²) in [6.45, 7) is 4.44. The molecule has 1 aliphatic rings. The van der Waals surface area contributed by atoms with Crippen molar-refractivity contribution in [3.63, 3.8) is 0 Å². The third kappa shape index (κ3) is 1.95. The summed E-state index contributed by atoms with van der Waals surface area (Å²) in [6, 6.07) is 0. The molecular weight excluding hydrogens is 206 g/mol. The van der Waals surface area contributed by atoms with Crippen molar-refractivity contribution in [1.82, 2.24) is 14.9 Å². The SMILES string of the molecule is CCNCc1nc(C(=O)O)c2n1CCCC2. The smallest absolute Gasteiger partial charge is 0.356 e. The second-order valence-corrected chi connectivity index (χ2v) is 4.02. The fourth-order valence-corrected chi connectivity index (χ4v) is 2.16. The summed E-state index contributed by atoms with van der Waals surface area (Å²) < 4.78 is 2.07. The summed E-state index contributed by atoms with van der Waals surface area (Å²) in [5.74, 6) is -0.0534. The quantitative estimate of drug-likeness (QED) is 0.800. The van der Waals surface area contributed by atoms with Crippen LogP contribution in [0.3, 0.4) is 0 Å². The predicted octanol–water partition coefficient (Wildman–Crippen LogP) is 1.03. The van der Waals surface area contributed by atoms with Crippen LogP contribution in [0.15, 0.2) is 0 Å². The largest absolute Gasteiger partial charge is 0.476 e. The van der Waals surface area contributed by atoms with Crippen LogP contribution in [0.4, 0.5) is 0 Å². The average molecular weight is 223 g/mol. The number of fused-ring (bicyclic) bond motifs is 1. The molecular formula is C11H17N3O2. The summed E-state index contributed by atoms with van der Waals surface area (Å²) in [4.78, 5) is 15.3. The maximum absolute atomic E-state index is 11.1. The number of carboxylic acid groups (broad SMARTS) is 1. The van der Waals surface area contributed by atoms with Gasteiger partial charge in [0.1, 0.15) is 5.82 Å². The van der Waals surface area contributed by atoms with Crippen LogP contribution in [-0.4, -0.2) is 27.2 Å². The highest BCUT2D eigenvalue weighted by Gasteiger charge is 2.23. The number of carboxylic acids is 1. The van der Waals surface area contributed by atoms with E-state index in [-0.39, 0.29) is 5.69 Å². The highest BCUT2D eigenvalue weighted by molar-refractivity contribution is 5.86. The molecule has 5 heteroatoms. The van der Waals surface area contributed by atoms with Gasteiger partial charge in [0.25, 0.3) is 0 Å². The van der Waals surface area contributed by atoms with E-state index in [0.29, 0.717) is 6.54 Å². The normalized spacial score (nSPS) is 14.8. The molecule has 88 valence electrons. The van der Waals surface area contributed by atoms with Crippen molar-refractivity contribution in [3.8, 4) is 0 Å². The molecule has 0 radical (unpaired) electrons. The van der Waals surface area contributed by atoms with Crippen molar-refractivity contribution in [3.05, 3.63) is 17.2 Å². The van der Waals surface area contributed by atoms with Gasteiger partial charge in [0, 0.05) is 6.54 Å². The molecule has 2 N–H and O–H groups in total. The Labute approximate surface area is 94.5 Å². The van der Waals surface area contributed by atoms with Gasteiger partial charge in [0.2, 0.25) is 0 Å². The molecule has 16 heavy (non-hydrogen) atoms. The van der Waals surface area contributed by atoms with Crippen LogP contribution < -0.4 is 5.32 Å². The summed E-state index contributed by atoms with van der Waals surface area (Å²) in [5, 5.41) is 12.3. The number of nitrogens with zero attached hydrogens (tertiary/aromatic N) is 2. The lowest BCUT2D eigenvalue weighted by molar-refractivity contribution is 0.0689. The van der Waals surface area contributed by atoms with Gasteiger partial charge < -0.3 is 15.0 Å². The van der Waals surface area contributed by atoms with Gasteiger partial charge in [-0.15, -0.1) is 0 Å².